The predicted octanol–water partition coefficient (Wildman–Crippen LogP) is 2.22. The van der Waals surface area contributed by atoms with Crippen molar-refractivity contribution < 1.29 is 5.11 Å². The van der Waals surface area contributed by atoms with Crippen LogP contribution in [0.4, 0.5) is 0 Å². The molecule has 0 saturated carbocycles. The molecule has 2 N–H and O–H groups in total. The Morgan fingerprint density at radius 1 is 1.05 bits per heavy atom. The van der Waals surface area contributed by atoms with E-state index >= 15 is 0 Å². The molecule has 1 aliphatic heterocycles. The highest BCUT2D eigenvalue weighted by Gasteiger charge is 2.34. The van der Waals surface area contributed by atoms with Crippen molar-refractivity contribution in [3.05, 3.63) is 71.8 Å². The van der Waals surface area contributed by atoms with E-state index in [4.69, 9.17) is 0 Å². The van der Waals surface area contributed by atoms with Crippen molar-refractivity contribution in [3.63, 3.8) is 0 Å². The molecule has 116 valence electrons. The van der Waals surface area contributed by atoms with E-state index in [0.717, 1.165) is 30.8 Å². The van der Waals surface area contributed by atoms with Crippen LogP contribution in [0.5, 0.6) is 0 Å². The number of rotatable bonds is 4. The monoisotopic (exact) mass is 296 g/mol. The fourth-order valence-electron chi connectivity index (χ4n) is 3.26. The molecule has 22 heavy (non-hydrogen) atoms. The van der Waals surface area contributed by atoms with Crippen molar-refractivity contribution in [3.8, 4) is 0 Å². The second-order valence-electron chi connectivity index (χ2n) is 6.18. The number of hydrogen-bond donors (Lipinski definition) is 2. The van der Waals surface area contributed by atoms with Crippen molar-refractivity contribution in [1.82, 2.24) is 10.2 Å². The Balaban J connectivity index is 1.93. The number of aliphatic hydroxyl groups is 1. The van der Waals surface area contributed by atoms with Gasteiger partial charge in [-0.25, -0.2) is 0 Å². The minimum atomic E-state index is -0.973. The number of hydrogen-bond acceptors (Lipinski definition) is 3. The average Bonchev–Trinajstić information content (AvgIpc) is 2.56. The number of β-amino-alcohol motifs (C(OH)–C–C–N with tert-alkyl or cyclic N) is 1. The molecule has 1 atom stereocenters. The average molecular weight is 296 g/mol. The summed E-state index contributed by atoms with van der Waals surface area (Å²) in [5.41, 5.74) is 0.930. The molecule has 1 unspecified atom stereocenters. The minimum Gasteiger partial charge on any atom is -0.379 e. The standard InChI is InChI=1S/C19H24N2O/c1-16-14-21(13-12-20-16)15-19(22,17-8-4-2-5-9-17)18-10-6-3-7-11-18/h2-11,16,20,22H,12-15H2,1H3. The molecule has 3 rings (SSSR count). The molecule has 1 aliphatic rings. The zero-order valence-electron chi connectivity index (χ0n) is 13.1. The fourth-order valence-corrected chi connectivity index (χ4v) is 3.26. The SMILES string of the molecule is CC1CN(CC(O)(c2ccccc2)c2ccccc2)CCN1. The first-order valence-electron chi connectivity index (χ1n) is 7.98. The van der Waals surface area contributed by atoms with Gasteiger partial charge >= 0.3 is 0 Å². The smallest absolute Gasteiger partial charge is 0.127 e. The van der Waals surface area contributed by atoms with Crippen molar-refractivity contribution >= 4 is 0 Å². The molecule has 0 amide bonds. The minimum absolute atomic E-state index is 0.463. The molecule has 3 heteroatoms. The number of nitrogens with one attached hydrogen (secondary N) is 1. The molecule has 0 radical (unpaired) electrons. The highest BCUT2D eigenvalue weighted by molar-refractivity contribution is 5.36. The van der Waals surface area contributed by atoms with Gasteiger partial charge in [0.1, 0.15) is 5.60 Å². The van der Waals surface area contributed by atoms with Crippen LogP contribution in [0.1, 0.15) is 18.1 Å². The van der Waals surface area contributed by atoms with Gasteiger partial charge < -0.3 is 10.4 Å². The third-order valence-corrected chi connectivity index (χ3v) is 4.41. The summed E-state index contributed by atoms with van der Waals surface area (Å²) in [6, 6.07) is 20.4. The van der Waals surface area contributed by atoms with Crippen LogP contribution in [0.25, 0.3) is 0 Å². The van der Waals surface area contributed by atoms with Gasteiger partial charge in [-0.3, -0.25) is 4.90 Å². The number of nitrogens with zero attached hydrogens (tertiary/aromatic N) is 1. The van der Waals surface area contributed by atoms with Gasteiger partial charge in [0.15, 0.2) is 0 Å². The normalized spacial score (nSPS) is 20.0. The quantitative estimate of drug-likeness (QED) is 0.908. The van der Waals surface area contributed by atoms with Gasteiger partial charge in [0.25, 0.3) is 0 Å². The zero-order valence-corrected chi connectivity index (χ0v) is 13.1. The largest absolute Gasteiger partial charge is 0.379 e. The van der Waals surface area contributed by atoms with E-state index in [9.17, 15) is 5.11 Å². The van der Waals surface area contributed by atoms with E-state index in [2.05, 4.69) is 17.1 Å². The number of benzene rings is 2. The second-order valence-corrected chi connectivity index (χ2v) is 6.18. The first-order chi connectivity index (χ1) is 10.7. The van der Waals surface area contributed by atoms with E-state index in [1.165, 1.54) is 0 Å². The molecule has 0 aliphatic carbocycles. The summed E-state index contributed by atoms with van der Waals surface area (Å²) in [5.74, 6) is 0. The summed E-state index contributed by atoms with van der Waals surface area (Å²) in [6.45, 7) is 5.71. The molecule has 0 bridgehead atoms. The lowest BCUT2D eigenvalue weighted by Crippen LogP contribution is -2.53. The van der Waals surface area contributed by atoms with Crippen LogP contribution in [0.3, 0.4) is 0 Å². The molecule has 1 saturated heterocycles. The van der Waals surface area contributed by atoms with E-state index < -0.39 is 5.60 Å². The molecule has 0 aromatic heterocycles. The predicted molar refractivity (Wildman–Crippen MR) is 89.8 cm³/mol. The molecular weight excluding hydrogens is 272 g/mol. The van der Waals surface area contributed by atoms with E-state index in [0.29, 0.717) is 12.6 Å². The summed E-state index contributed by atoms with van der Waals surface area (Å²) in [7, 11) is 0. The van der Waals surface area contributed by atoms with Crippen molar-refractivity contribution in [2.75, 3.05) is 26.2 Å². The lowest BCUT2D eigenvalue weighted by Gasteiger charge is -2.39. The second kappa shape index (κ2) is 6.61. The molecule has 1 heterocycles. The zero-order chi connectivity index (χ0) is 15.4. The van der Waals surface area contributed by atoms with Crippen molar-refractivity contribution in [1.29, 1.82) is 0 Å². The van der Waals surface area contributed by atoms with Gasteiger partial charge in [-0.2, -0.15) is 0 Å². The van der Waals surface area contributed by atoms with Gasteiger partial charge in [0.05, 0.1) is 0 Å². The van der Waals surface area contributed by atoms with Gasteiger partial charge in [-0.15, -0.1) is 0 Å². The lowest BCUT2D eigenvalue weighted by molar-refractivity contribution is 0.0269. The summed E-state index contributed by atoms with van der Waals surface area (Å²) >= 11 is 0. The van der Waals surface area contributed by atoms with Gasteiger partial charge in [0, 0.05) is 32.2 Å². The van der Waals surface area contributed by atoms with E-state index in [-0.39, 0.29) is 0 Å². The maximum absolute atomic E-state index is 11.5. The Morgan fingerprint density at radius 2 is 1.59 bits per heavy atom. The molecule has 1 fully saturated rings. The maximum Gasteiger partial charge on any atom is 0.127 e. The Bertz CT molecular complexity index is 545. The van der Waals surface area contributed by atoms with Gasteiger partial charge in [-0.05, 0) is 18.1 Å². The van der Waals surface area contributed by atoms with Crippen LogP contribution in [-0.2, 0) is 5.60 Å². The third-order valence-electron chi connectivity index (χ3n) is 4.41. The van der Waals surface area contributed by atoms with E-state index in [1.807, 2.05) is 60.7 Å². The van der Waals surface area contributed by atoms with Crippen LogP contribution in [0.15, 0.2) is 60.7 Å². The lowest BCUT2D eigenvalue weighted by atomic mass is 9.85. The molecule has 2 aromatic carbocycles. The highest BCUT2D eigenvalue weighted by atomic mass is 16.3. The van der Waals surface area contributed by atoms with Crippen molar-refractivity contribution in [2.45, 2.75) is 18.6 Å². The first kappa shape index (κ1) is 15.2. The van der Waals surface area contributed by atoms with Crippen LogP contribution in [0, 0.1) is 0 Å². The molecule has 2 aromatic rings. The van der Waals surface area contributed by atoms with Crippen LogP contribution >= 0.6 is 0 Å². The Labute approximate surface area is 132 Å². The molecule has 0 spiro atoms. The van der Waals surface area contributed by atoms with Crippen molar-refractivity contribution in [2.24, 2.45) is 0 Å². The van der Waals surface area contributed by atoms with Gasteiger partial charge in [0.2, 0.25) is 0 Å². The highest BCUT2D eigenvalue weighted by Crippen LogP contribution is 2.30. The van der Waals surface area contributed by atoms with Crippen LogP contribution in [-0.4, -0.2) is 42.2 Å². The summed E-state index contributed by atoms with van der Waals surface area (Å²) in [6.07, 6.45) is 0. The Kier molecular flexibility index (Phi) is 4.57. The summed E-state index contributed by atoms with van der Waals surface area (Å²) in [5, 5.41) is 15.0. The van der Waals surface area contributed by atoms with Crippen LogP contribution < -0.4 is 5.32 Å². The number of piperazine rings is 1. The van der Waals surface area contributed by atoms with E-state index in [1.54, 1.807) is 0 Å². The molecular formula is C19H24N2O. The first-order valence-corrected chi connectivity index (χ1v) is 7.98. The summed E-state index contributed by atoms with van der Waals surface area (Å²) < 4.78 is 0. The third kappa shape index (κ3) is 3.22. The molecule has 3 nitrogen and oxygen atoms in total. The van der Waals surface area contributed by atoms with Crippen LogP contribution in [0.2, 0.25) is 0 Å². The maximum atomic E-state index is 11.5. The topological polar surface area (TPSA) is 35.5 Å². The summed E-state index contributed by atoms with van der Waals surface area (Å²) in [4.78, 5) is 2.35. The fraction of sp³-hybridized carbons (Fsp3) is 0.368. The van der Waals surface area contributed by atoms with Gasteiger partial charge in [-0.1, -0.05) is 60.7 Å². The Morgan fingerprint density at radius 3 is 2.09 bits per heavy atom. The Hall–Kier alpha value is -1.68.